The van der Waals surface area contributed by atoms with Crippen LogP contribution in [0.5, 0.6) is 11.5 Å². The van der Waals surface area contributed by atoms with E-state index in [0.29, 0.717) is 32.7 Å². The van der Waals surface area contributed by atoms with Crippen molar-refractivity contribution in [3.63, 3.8) is 0 Å². The maximum atomic E-state index is 13.0. The van der Waals surface area contributed by atoms with Crippen LogP contribution in [-0.2, 0) is 20.4 Å². The van der Waals surface area contributed by atoms with E-state index in [-0.39, 0.29) is 11.8 Å². The number of hydrogen-bond acceptors (Lipinski definition) is 5. The van der Waals surface area contributed by atoms with E-state index >= 15 is 0 Å². The number of ether oxygens (including phenoxy) is 2. The molecule has 2 amide bonds. The Hall–Kier alpha value is -4.43. The summed E-state index contributed by atoms with van der Waals surface area (Å²) in [5.41, 5.74) is 1.15. The van der Waals surface area contributed by atoms with Gasteiger partial charge in [0.2, 0.25) is 0 Å². The summed E-state index contributed by atoms with van der Waals surface area (Å²) in [6, 6.07) is 31.8. The minimum atomic E-state index is -1.43. The van der Waals surface area contributed by atoms with Crippen LogP contribution in [0.15, 0.2) is 119 Å². The lowest BCUT2D eigenvalue weighted by Crippen LogP contribution is -2.30. The molecule has 0 radical (unpaired) electrons. The van der Waals surface area contributed by atoms with Gasteiger partial charge in [0.25, 0.3) is 11.8 Å². The molecule has 2 unspecified atom stereocenters. The average Bonchev–Trinajstić information content (AvgIpc) is 2.94. The highest BCUT2D eigenvalue weighted by Gasteiger charge is 2.17. The van der Waals surface area contributed by atoms with Gasteiger partial charge in [0.15, 0.2) is 12.2 Å². The van der Waals surface area contributed by atoms with Gasteiger partial charge in [-0.3, -0.25) is 9.59 Å². The smallest absolute Gasteiger partial charge is 0.265 e. The average molecular weight is 529 g/mol. The summed E-state index contributed by atoms with van der Waals surface area (Å²) >= 11 is 0. The molecular weight excluding hydrogens is 500 g/mol. The standard InChI is InChI=1S/C30H28N2O5S/c1-21(36-25-9-5-3-6-10-25)29(33)31-23-13-17-27(18-14-23)38(35)28-19-15-24(16-20-28)32-30(34)22(2)37-26-11-7-4-8-12-26/h3-22H,1-2H3,(H,31,33)(H,32,34). The highest BCUT2D eigenvalue weighted by atomic mass is 32.2. The van der Waals surface area contributed by atoms with Crippen molar-refractivity contribution in [1.82, 2.24) is 0 Å². The number of carbonyl (C=O) groups is 2. The maximum absolute atomic E-state index is 13.0. The normalized spacial score (nSPS) is 13.0. The molecule has 4 aromatic rings. The number of carbonyl (C=O) groups excluding carboxylic acids is 2. The minimum absolute atomic E-state index is 0.288. The molecule has 194 valence electrons. The van der Waals surface area contributed by atoms with Crippen LogP contribution in [-0.4, -0.2) is 28.2 Å². The molecule has 0 fully saturated rings. The largest absolute Gasteiger partial charge is 0.481 e. The SMILES string of the molecule is CC(Oc1ccccc1)C(=O)Nc1ccc(S(=O)c2ccc(NC(=O)C(C)Oc3ccccc3)cc2)cc1. The van der Waals surface area contributed by atoms with Gasteiger partial charge in [-0.25, -0.2) is 4.21 Å². The summed E-state index contributed by atoms with van der Waals surface area (Å²) in [5, 5.41) is 5.61. The molecule has 0 aromatic heterocycles. The molecule has 0 saturated heterocycles. The Morgan fingerprint density at radius 2 is 0.921 bits per heavy atom. The number of benzene rings is 4. The Labute approximate surface area is 224 Å². The summed E-state index contributed by atoms with van der Waals surface area (Å²) in [4.78, 5) is 26.1. The zero-order valence-electron chi connectivity index (χ0n) is 21.0. The van der Waals surface area contributed by atoms with Gasteiger partial charge >= 0.3 is 0 Å². The Kier molecular flexibility index (Phi) is 8.89. The molecule has 8 heteroatoms. The lowest BCUT2D eigenvalue weighted by atomic mass is 10.3. The number of amides is 2. The van der Waals surface area contributed by atoms with Crippen LogP contribution in [0.1, 0.15) is 13.8 Å². The Balaban J connectivity index is 1.30. The fourth-order valence-corrected chi connectivity index (χ4v) is 4.50. The van der Waals surface area contributed by atoms with Gasteiger partial charge in [-0.1, -0.05) is 36.4 Å². The molecule has 4 aromatic carbocycles. The van der Waals surface area contributed by atoms with E-state index in [0.717, 1.165) is 0 Å². The van der Waals surface area contributed by atoms with Crippen molar-refractivity contribution in [3.8, 4) is 11.5 Å². The van der Waals surface area contributed by atoms with Gasteiger partial charge in [-0.2, -0.15) is 0 Å². The van der Waals surface area contributed by atoms with Crippen LogP contribution in [0.25, 0.3) is 0 Å². The van der Waals surface area contributed by atoms with Crippen LogP contribution in [0.2, 0.25) is 0 Å². The predicted molar refractivity (Wildman–Crippen MR) is 148 cm³/mol. The van der Waals surface area contributed by atoms with Crippen molar-refractivity contribution in [1.29, 1.82) is 0 Å². The lowest BCUT2D eigenvalue weighted by Gasteiger charge is -2.15. The highest BCUT2D eigenvalue weighted by Crippen LogP contribution is 2.21. The second kappa shape index (κ2) is 12.7. The summed E-state index contributed by atoms with van der Waals surface area (Å²) in [6.07, 6.45) is -1.36. The summed E-state index contributed by atoms with van der Waals surface area (Å²) in [6.45, 7) is 3.35. The molecule has 0 heterocycles. The van der Waals surface area contributed by atoms with Gasteiger partial charge in [-0.15, -0.1) is 0 Å². The topological polar surface area (TPSA) is 93.7 Å². The Morgan fingerprint density at radius 1 is 0.579 bits per heavy atom. The molecule has 7 nitrogen and oxygen atoms in total. The van der Waals surface area contributed by atoms with E-state index in [9.17, 15) is 13.8 Å². The zero-order chi connectivity index (χ0) is 26.9. The Morgan fingerprint density at radius 3 is 1.26 bits per heavy atom. The molecular formula is C30H28N2O5S. The monoisotopic (exact) mass is 528 g/mol. The van der Waals surface area contributed by atoms with Gasteiger partial charge in [-0.05, 0) is 86.6 Å². The summed E-state index contributed by atoms with van der Waals surface area (Å²) in [7, 11) is -1.43. The van der Waals surface area contributed by atoms with E-state index in [1.54, 1.807) is 86.6 Å². The lowest BCUT2D eigenvalue weighted by molar-refractivity contribution is -0.122. The third kappa shape index (κ3) is 7.30. The van der Waals surface area contributed by atoms with Crippen molar-refractivity contribution in [2.45, 2.75) is 35.8 Å². The van der Waals surface area contributed by atoms with Crippen molar-refractivity contribution >= 4 is 34.0 Å². The van der Waals surface area contributed by atoms with E-state index in [2.05, 4.69) is 10.6 Å². The Bertz CT molecular complexity index is 1270. The van der Waals surface area contributed by atoms with E-state index < -0.39 is 23.0 Å². The molecule has 2 N–H and O–H groups in total. The van der Waals surface area contributed by atoms with Crippen LogP contribution in [0.4, 0.5) is 11.4 Å². The molecule has 0 aliphatic rings. The third-order valence-electron chi connectivity index (χ3n) is 5.52. The van der Waals surface area contributed by atoms with Crippen LogP contribution < -0.4 is 20.1 Å². The van der Waals surface area contributed by atoms with Crippen LogP contribution >= 0.6 is 0 Å². The maximum Gasteiger partial charge on any atom is 0.265 e. The first kappa shape index (κ1) is 26.6. The first-order valence-electron chi connectivity index (χ1n) is 12.1. The summed E-state index contributed by atoms with van der Waals surface area (Å²) < 4.78 is 24.3. The van der Waals surface area contributed by atoms with E-state index in [4.69, 9.17) is 9.47 Å². The number of rotatable bonds is 10. The van der Waals surface area contributed by atoms with Crippen molar-refractivity contribution < 1.29 is 23.3 Å². The summed E-state index contributed by atoms with van der Waals surface area (Å²) in [5.74, 6) is 0.649. The number of nitrogens with one attached hydrogen (secondary N) is 2. The quantitative estimate of drug-likeness (QED) is 0.277. The fraction of sp³-hybridized carbons (Fsp3) is 0.133. The van der Waals surface area contributed by atoms with Crippen LogP contribution in [0, 0.1) is 0 Å². The first-order valence-corrected chi connectivity index (χ1v) is 13.2. The second-order valence-electron chi connectivity index (χ2n) is 8.44. The van der Waals surface area contributed by atoms with Crippen LogP contribution in [0.3, 0.4) is 0 Å². The van der Waals surface area contributed by atoms with Gasteiger partial charge in [0.1, 0.15) is 11.5 Å². The molecule has 0 saturated carbocycles. The molecule has 0 aliphatic heterocycles. The number of para-hydroxylation sites is 2. The molecule has 2 atom stereocenters. The number of hydrogen-bond donors (Lipinski definition) is 2. The van der Waals surface area contributed by atoms with Gasteiger partial charge in [0, 0.05) is 21.2 Å². The fourth-order valence-electron chi connectivity index (χ4n) is 3.46. The van der Waals surface area contributed by atoms with Crippen molar-refractivity contribution in [2.24, 2.45) is 0 Å². The minimum Gasteiger partial charge on any atom is -0.481 e. The molecule has 0 spiro atoms. The van der Waals surface area contributed by atoms with Gasteiger partial charge in [0.05, 0.1) is 10.8 Å². The first-order chi connectivity index (χ1) is 18.4. The van der Waals surface area contributed by atoms with Crippen molar-refractivity contribution in [2.75, 3.05) is 10.6 Å². The predicted octanol–water partition coefficient (Wildman–Crippen LogP) is 5.67. The molecule has 38 heavy (non-hydrogen) atoms. The molecule has 0 aliphatic carbocycles. The second-order valence-corrected chi connectivity index (χ2v) is 9.92. The highest BCUT2D eigenvalue weighted by molar-refractivity contribution is 7.85. The zero-order valence-corrected chi connectivity index (χ0v) is 21.8. The number of anilines is 2. The van der Waals surface area contributed by atoms with E-state index in [1.807, 2.05) is 36.4 Å². The van der Waals surface area contributed by atoms with Crippen molar-refractivity contribution in [3.05, 3.63) is 109 Å². The third-order valence-corrected chi connectivity index (χ3v) is 6.92. The van der Waals surface area contributed by atoms with E-state index in [1.165, 1.54) is 0 Å². The molecule has 4 rings (SSSR count). The molecule has 0 bridgehead atoms. The van der Waals surface area contributed by atoms with Gasteiger partial charge < -0.3 is 20.1 Å².